The molecule has 0 spiro atoms. The van der Waals surface area contributed by atoms with Crippen LogP contribution in [0, 0.1) is 12.7 Å². The number of aromatic amines is 1. The van der Waals surface area contributed by atoms with Gasteiger partial charge in [-0.15, -0.1) is 0 Å². The van der Waals surface area contributed by atoms with E-state index in [1.54, 1.807) is 13.0 Å². The summed E-state index contributed by atoms with van der Waals surface area (Å²) in [6.07, 6.45) is -2.38. The average Bonchev–Trinajstić information content (AvgIpc) is 2.93. The molecule has 0 bridgehead atoms. The van der Waals surface area contributed by atoms with Crippen molar-refractivity contribution in [3.8, 4) is 0 Å². The number of nitrogens with one attached hydrogen (secondary N) is 2. The van der Waals surface area contributed by atoms with Crippen LogP contribution in [0.5, 0.6) is 0 Å². The first-order chi connectivity index (χ1) is 11.8. The highest BCUT2D eigenvalue weighted by Crippen LogP contribution is 2.16. The highest BCUT2D eigenvalue weighted by atomic mass is 19.1. The van der Waals surface area contributed by atoms with E-state index in [1.165, 1.54) is 13.0 Å². The molecule has 9 heteroatoms. The number of carbonyl (C=O) groups excluding carboxylic acids is 3. The number of ether oxygens (including phenoxy) is 1. The van der Waals surface area contributed by atoms with E-state index in [2.05, 4.69) is 20.3 Å². The fraction of sp³-hybridized carbons (Fsp3) is 0.250. The highest BCUT2D eigenvalue weighted by Gasteiger charge is 2.21. The first-order valence-electron chi connectivity index (χ1n) is 7.37. The quantitative estimate of drug-likeness (QED) is 0.732. The Morgan fingerprint density at radius 3 is 2.68 bits per heavy atom. The number of Topliss-reactive ketones (excluding diaryl/α,β-unsaturated/α-hetero) is 1. The maximum Gasteiger partial charge on any atom is 0.405 e. The molecular formula is C16H17FN4O4. The molecule has 0 aliphatic carbocycles. The molecule has 1 atom stereocenters. The van der Waals surface area contributed by atoms with Crippen molar-refractivity contribution in [3.05, 3.63) is 46.9 Å². The van der Waals surface area contributed by atoms with Crippen molar-refractivity contribution in [2.45, 2.75) is 26.4 Å². The number of nitrogens with two attached hydrogens (primary N) is 1. The minimum atomic E-state index is -1.08. The summed E-state index contributed by atoms with van der Waals surface area (Å²) in [5.41, 5.74) is 5.89. The molecule has 0 aliphatic rings. The number of carbonyl (C=O) groups is 3. The zero-order valence-corrected chi connectivity index (χ0v) is 13.6. The molecule has 2 aromatic rings. The third-order valence-electron chi connectivity index (χ3n) is 3.38. The van der Waals surface area contributed by atoms with Crippen LogP contribution in [0.3, 0.4) is 0 Å². The van der Waals surface area contributed by atoms with E-state index in [9.17, 15) is 18.8 Å². The number of hydrogen-bond donors (Lipinski definition) is 3. The molecule has 0 saturated carbocycles. The molecule has 0 fully saturated rings. The van der Waals surface area contributed by atoms with Gasteiger partial charge >= 0.3 is 6.09 Å². The van der Waals surface area contributed by atoms with Gasteiger partial charge in [0.05, 0.1) is 0 Å². The number of benzene rings is 1. The summed E-state index contributed by atoms with van der Waals surface area (Å²) in [7, 11) is 0. The second-order valence-corrected chi connectivity index (χ2v) is 5.41. The van der Waals surface area contributed by atoms with Crippen LogP contribution in [0.2, 0.25) is 0 Å². The number of rotatable bonds is 6. The lowest BCUT2D eigenvalue weighted by Crippen LogP contribution is -2.29. The van der Waals surface area contributed by atoms with Gasteiger partial charge in [-0.3, -0.25) is 14.7 Å². The van der Waals surface area contributed by atoms with E-state index in [1.807, 2.05) is 0 Å². The molecule has 8 nitrogen and oxygen atoms in total. The molecule has 0 radical (unpaired) electrons. The van der Waals surface area contributed by atoms with Gasteiger partial charge in [-0.05, 0) is 31.5 Å². The van der Waals surface area contributed by atoms with E-state index < -0.39 is 29.7 Å². The van der Waals surface area contributed by atoms with Crippen LogP contribution < -0.4 is 11.1 Å². The maximum atomic E-state index is 13.5. The van der Waals surface area contributed by atoms with Crippen molar-refractivity contribution < 1.29 is 23.5 Å². The van der Waals surface area contributed by atoms with Gasteiger partial charge in [0, 0.05) is 23.7 Å². The number of hydrogen-bond acceptors (Lipinski definition) is 5. The zero-order chi connectivity index (χ0) is 18.6. The molecule has 25 heavy (non-hydrogen) atoms. The number of primary amides is 1. The van der Waals surface area contributed by atoms with Crippen molar-refractivity contribution in [1.82, 2.24) is 10.2 Å². The molecule has 0 aliphatic heterocycles. The third-order valence-corrected chi connectivity index (χ3v) is 3.38. The maximum absolute atomic E-state index is 13.5. The minimum Gasteiger partial charge on any atom is -0.439 e. The molecule has 2 amide bonds. The van der Waals surface area contributed by atoms with Crippen LogP contribution in [-0.4, -0.2) is 34.1 Å². The van der Waals surface area contributed by atoms with Crippen LogP contribution in [0.4, 0.5) is 15.0 Å². The molecular weight excluding hydrogens is 331 g/mol. The molecule has 2 rings (SSSR count). The first-order valence-corrected chi connectivity index (χ1v) is 7.37. The van der Waals surface area contributed by atoms with Gasteiger partial charge in [0.25, 0.3) is 5.91 Å². The number of anilines is 1. The van der Waals surface area contributed by atoms with Gasteiger partial charge in [0.1, 0.15) is 5.82 Å². The Morgan fingerprint density at radius 2 is 2.08 bits per heavy atom. The van der Waals surface area contributed by atoms with E-state index >= 15 is 0 Å². The fourth-order valence-electron chi connectivity index (χ4n) is 2.15. The number of ketones is 1. The summed E-state index contributed by atoms with van der Waals surface area (Å²) in [5.74, 6) is -1.44. The highest BCUT2D eigenvalue weighted by molar-refractivity contribution is 6.05. The third kappa shape index (κ3) is 4.87. The SMILES string of the molecule is Cc1cc(NC(=O)c2cc(F)ccc2CC(=O)C(C)OC(N)=O)n[nH]1. The topological polar surface area (TPSA) is 127 Å². The first kappa shape index (κ1) is 18.1. The average molecular weight is 348 g/mol. The van der Waals surface area contributed by atoms with Gasteiger partial charge in [0.2, 0.25) is 0 Å². The number of nitrogens with zero attached hydrogens (tertiary/aromatic N) is 1. The van der Waals surface area contributed by atoms with Crippen LogP contribution in [0.1, 0.15) is 28.5 Å². The largest absolute Gasteiger partial charge is 0.439 e. The predicted molar refractivity (Wildman–Crippen MR) is 86.5 cm³/mol. The van der Waals surface area contributed by atoms with Gasteiger partial charge < -0.3 is 15.8 Å². The molecule has 1 aromatic carbocycles. The summed E-state index contributed by atoms with van der Waals surface area (Å²) >= 11 is 0. The second kappa shape index (κ2) is 7.56. The standard InChI is InChI=1S/C16H17FN4O4/c1-8-5-14(21-20-8)19-15(23)12-7-11(17)4-3-10(12)6-13(22)9(2)25-16(18)24/h3-5,7,9H,6H2,1-2H3,(H2,18,24)(H2,19,20,21,23). The number of amides is 2. The summed E-state index contributed by atoms with van der Waals surface area (Å²) in [6.45, 7) is 3.12. The molecule has 4 N–H and O–H groups in total. The Kier molecular flexibility index (Phi) is 5.48. The van der Waals surface area contributed by atoms with E-state index in [0.717, 1.165) is 17.8 Å². The summed E-state index contributed by atoms with van der Waals surface area (Å²) in [6, 6.07) is 5.09. The van der Waals surface area contributed by atoms with Gasteiger partial charge in [-0.25, -0.2) is 9.18 Å². The normalized spacial score (nSPS) is 11.6. The molecule has 0 saturated heterocycles. The number of aromatic nitrogens is 2. The lowest BCUT2D eigenvalue weighted by atomic mass is 9.99. The van der Waals surface area contributed by atoms with Crippen molar-refractivity contribution >= 4 is 23.6 Å². The monoisotopic (exact) mass is 348 g/mol. The number of aryl methyl sites for hydroxylation is 1. The van der Waals surface area contributed by atoms with E-state index in [-0.39, 0.29) is 23.4 Å². The lowest BCUT2D eigenvalue weighted by Gasteiger charge is -2.12. The second-order valence-electron chi connectivity index (χ2n) is 5.41. The lowest BCUT2D eigenvalue weighted by molar-refractivity contribution is -0.125. The smallest absolute Gasteiger partial charge is 0.405 e. The van der Waals surface area contributed by atoms with Crippen LogP contribution in [0.25, 0.3) is 0 Å². The predicted octanol–water partition coefficient (Wildman–Crippen LogP) is 1.70. The Bertz CT molecular complexity index is 818. The molecule has 1 heterocycles. The molecule has 1 unspecified atom stereocenters. The Hall–Kier alpha value is -3.23. The van der Waals surface area contributed by atoms with Gasteiger partial charge in [-0.1, -0.05) is 6.07 Å². The van der Waals surface area contributed by atoms with Gasteiger partial charge in [0.15, 0.2) is 17.7 Å². The molecule has 1 aromatic heterocycles. The number of halogens is 1. The summed E-state index contributed by atoms with van der Waals surface area (Å²) in [5, 5.41) is 9.05. The van der Waals surface area contributed by atoms with Crippen molar-refractivity contribution in [1.29, 1.82) is 0 Å². The van der Waals surface area contributed by atoms with Crippen LogP contribution in [-0.2, 0) is 16.0 Å². The summed E-state index contributed by atoms with van der Waals surface area (Å²) in [4.78, 5) is 35.2. The number of H-pyrrole nitrogens is 1. The Morgan fingerprint density at radius 1 is 1.36 bits per heavy atom. The van der Waals surface area contributed by atoms with Crippen molar-refractivity contribution in [2.75, 3.05) is 5.32 Å². The fourth-order valence-corrected chi connectivity index (χ4v) is 2.15. The van der Waals surface area contributed by atoms with Crippen molar-refractivity contribution in [2.24, 2.45) is 5.73 Å². The van der Waals surface area contributed by atoms with Crippen molar-refractivity contribution in [3.63, 3.8) is 0 Å². The van der Waals surface area contributed by atoms with Gasteiger partial charge in [-0.2, -0.15) is 5.10 Å². The van der Waals surface area contributed by atoms with E-state index in [4.69, 9.17) is 5.73 Å². The van der Waals surface area contributed by atoms with Crippen LogP contribution >= 0.6 is 0 Å². The Labute approximate surface area is 142 Å². The van der Waals surface area contributed by atoms with E-state index in [0.29, 0.717) is 0 Å². The molecule has 132 valence electrons. The Balaban J connectivity index is 2.20. The zero-order valence-electron chi connectivity index (χ0n) is 13.6. The minimum absolute atomic E-state index is 0.0136. The van der Waals surface area contributed by atoms with Crippen LogP contribution in [0.15, 0.2) is 24.3 Å². The summed E-state index contributed by atoms with van der Waals surface area (Å²) < 4.78 is 18.2.